The van der Waals surface area contributed by atoms with Gasteiger partial charge in [-0.25, -0.2) is 4.79 Å². The van der Waals surface area contributed by atoms with Gasteiger partial charge < -0.3 is 4.42 Å². The average molecular weight is 353 g/mol. The normalized spacial score (nSPS) is 12.8. The summed E-state index contributed by atoms with van der Waals surface area (Å²) in [5.41, 5.74) is 4.23. The van der Waals surface area contributed by atoms with Crippen molar-refractivity contribution in [1.82, 2.24) is 4.98 Å². The van der Waals surface area contributed by atoms with Crippen LogP contribution in [0.25, 0.3) is 11.1 Å². The first-order valence-electron chi connectivity index (χ1n) is 6.08. The lowest BCUT2D eigenvalue weighted by molar-refractivity contribution is 0.555. The van der Waals surface area contributed by atoms with E-state index in [2.05, 4.69) is 20.9 Å². The topological polar surface area (TPSA) is 46.0 Å². The van der Waals surface area contributed by atoms with Gasteiger partial charge in [-0.1, -0.05) is 51.8 Å². The SMILES string of the molecule is Cc1cccc(C(Br)c2ccc3[nH]c(=O)oc3c2)c1Cl. The van der Waals surface area contributed by atoms with E-state index in [-0.39, 0.29) is 4.83 Å². The van der Waals surface area contributed by atoms with E-state index in [4.69, 9.17) is 16.0 Å². The van der Waals surface area contributed by atoms with E-state index in [0.717, 1.165) is 21.7 Å². The molecule has 5 heteroatoms. The molecule has 20 heavy (non-hydrogen) atoms. The Morgan fingerprint density at radius 3 is 2.90 bits per heavy atom. The number of nitrogens with one attached hydrogen (secondary N) is 1. The molecule has 0 saturated carbocycles. The molecule has 0 amide bonds. The minimum Gasteiger partial charge on any atom is -0.408 e. The third-order valence-electron chi connectivity index (χ3n) is 3.23. The van der Waals surface area contributed by atoms with Crippen LogP contribution in [0.1, 0.15) is 21.5 Å². The smallest absolute Gasteiger partial charge is 0.408 e. The van der Waals surface area contributed by atoms with E-state index in [9.17, 15) is 4.79 Å². The van der Waals surface area contributed by atoms with Gasteiger partial charge in [0.15, 0.2) is 5.58 Å². The number of alkyl halides is 1. The van der Waals surface area contributed by atoms with Crippen molar-refractivity contribution in [3.63, 3.8) is 0 Å². The molecular formula is C15H11BrClNO2. The molecule has 1 aromatic heterocycles. The van der Waals surface area contributed by atoms with Gasteiger partial charge in [-0.15, -0.1) is 0 Å². The predicted octanol–water partition coefficient (Wildman–Crippen LogP) is 4.57. The molecule has 0 fully saturated rings. The van der Waals surface area contributed by atoms with Gasteiger partial charge in [-0.3, -0.25) is 4.98 Å². The summed E-state index contributed by atoms with van der Waals surface area (Å²) in [5.74, 6) is -0.447. The molecule has 2 aromatic carbocycles. The molecule has 0 aliphatic rings. The largest absolute Gasteiger partial charge is 0.417 e. The number of H-pyrrole nitrogens is 1. The second-order valence-electron chi connectivity index (χ2n) is 4.61. The second-order valence-corrected chi connectivity index (χ2v) is 5.90. The molecule has 0 spiro atoms. The van der Waals surface area contributed by atoms with Crippen molar-refractivity contribution < 1.29 is 4.42 Å². The van der Waals surface area contributed by atoms with Crippen LogP contribution in [0, 0.1) is 6.92 Å². The van der Waals surface area contributed by atoms with Crippen LogP contribution in [-0.4, -0.2) is 4.98 Å². The van der Waals surface area contributed by atoms with Crippen molar-refractivity contribution in [3.8, 4) is 0 Å². The summed E-state index contributed by atoms with van der Waals surface area (Å²) in [6, 6.07) is 11.5. The Kier molecular flexibility index (Phi) is 3.44. The minimum absolute atomic E-state index is 0.0560. The third kappa shape index (κ3) is 2.30. The van der Waals surface area contributed by atoms with Gasteiger partial charge in [0.2, 0.25) is 0 Å². The van der Waals surface area contributed by atoms with E-state index in [1.165, 1.54) is 0 Å². The molecular weight excluding hydrogens is 342 g/mol. The van der Waals surface area contributed by atoms with Crippen LogP contribution in [-0.2, 0) is 0 Å². The van der Waals surface area contributed by atoms with E-state index in [1.54, 1.807) is 0 Å². The quantitative estimate of drug-likeness (QED) is 0.687. The summed E-state index contributed by atoms with van der Waals surface area (Å²) in [6.45, 7) is 1.97. The van der Waals surface area contributed by atoms with Crippen LogP contribution in [0.4, 0.5) is 0 Å². The number of rotatable bonds is 2. The number of hydrogen-bond donors (Lipinski definition) is 1. The summed E-state index contributed by atoms with van der Waals surface area (Å²) in [7, 11) is 0. The number of halogens is 2. The van der Waals surface area contributed by atoms with Crippen molar-refractivity contribution in [2.45, 2.75) is 11.8 Å². The van der Waals surface area contributed by atoms with Crippen molar-refractivity contribution in [3.05, 3.63) is 68.7 Å². The van der Waals surface area contributed by atoms with Crippen LogP contribution in [0.3, 0.4) is 0 Å². The van der Waals surface area contributed by atoms with Crippen LogP contribution >= 0.6 is 27.5 Å². The van der Waals surface area contributed by atoms with Gasteiger partial charge >= 0.3 is 5.76 Å². The lowest BCUT2D eigenvalue weighted by Crippen LogP contribution is -1.95. The molecule has 1 N–H and O–H groups in total. The van der Waals surface area contributed by atoms with Crippen LogP contribution in [0.15, 0.2) is 45.6 Å². The van der Waals surface area contributed by atoms with Crippen LogP contribution < -0.4 is 5.76 Å². The molecule has 3 rings (SSSR count). The van der Waals surface area contributed by atoms with Crippen molar-refractivity contribution in [2.75, 3.05) is 0 Å². The Morgan fingerprint density at radius 1 is 1.30 bits per heavy atom. The van der Waals surface area contributed by atoms with Crippen molar-refractivity contribution in [2.24, 2.45) is 0 Å². The van der Waals surface area contributed by atoms with E-state index in [0.29, 0.717) is 11.1 Å². The minimum atomic E-state index is -0.447. The molecule has 0 radical (unpaired) electrons. The summed E-state index contributed by atoms with van der Waals surface area (Å²) in [6.07, 6.45) is 0. The molecule has 1 unspecified atom stereocenters. The highest BCUT2D eigenvalue weighted by Gasteiger charge is 2.16. The van der Waals surface area contributed by atoms with Crippen molar-refractivity contribution in [1.29, 1.82) is 0 Å². The zero-order valence-corrected chi connectivity index (χ0v) is 13.0. The molecule has 0 aliphatic carbocycles. The summed E-state index contributed by atoms with van der Waals surface area (Å²) in [5, 5.41) is 0.741. The number of fused-ring (bicyclic) bond motifs is 1. The molecule has 102 valence electrons. The first kappa shape index (κ1) is 13.5. The van der Waals surface area contributed by atoms with Gasteiger partial charge in [0.25, 0.3) is 0 Å². The maximum Gasteiger partial charge on any atom is 0.417 e. The Hall–Kier alpha value is -1.52. The molecule has 3 aromatic rings. The Morgan fingerprint density at radius 2 is 2.10 bits per heavy atom. The predicted molar refractivity (Wildman–Crippen MR) is 83.8 cm³/mol. The molecule has 0 bridgehead atoms. The van der Waals surface area contributed by atoms with Gasteiger partial charge in [-0.2, -0.15) is 0 Å². The maximum absolute atomic E-state index is 11.2. The fraction of sp³-hybridized carbons (Fsp3) is 0.133. The number of aromatic nitrogens is 1. The van der Waals surface area contributed by atoms with E-state index < -0.39 is 5.76 Å². The first-order chi connectivity index (χ1) is 9.56. The number of oxazole rings is 1. The lowest BCUT2D eigenvalue weighted by Gasteiger charge is -2.13. The van der Waals surface area contributed by atoms with Crippen LogP contribution in [0.5, 0.6) is 0 Å². The number of hydrogen-bond acceptors (Lipinski definition) is 2. The highest BCUT2D eigenvalue weighted by atomic mass is 79.9. The Balaban J connectivity index is 2.09. The summed E-state index contributed by atoms with van der Waals surface area (Å²) >= 11 is 10.0. The first-order valence-corrected chi connectivity index (χ1v) is 7.37. The number of aryl methyl sites for hydroxylation is 1. The zero-order valence-electron chi connectivity index (χ0n) is 10.6. The average Bonchev–Trinajstić information content (AvgIpc) is 2.80. The standard InChI is InChI=1S/C15H11BrClNO2/c1-8-3-2-4-10(14(8)17)13(16)9-5-6-11-12(7-9)20-15(19)18-11/h2-7,13H,1H3,(H,18,19). The monoisotopic (exact) mass is 351 g/mol. The van der Waals surface area contributed by atoms with Crippen LogP contribution in [0.2, 0.25) is 5.02 Å². The molecule has 1 heterocycles. The number of aromatic amines is 1. The summed E-state index contributed by atoms with van der Waals surface area (Å²) in [4.78, 5) is 13.7. The van der Waals surface area contributed by atoms with E-state index in [1.807, 2.05) is 43.3 Å². The highest BCUT2D eigenvalue weighted by Crippen LogP contribution is 2.37. The Labute approximate surface area is 128 Å². The maximum atomic E-state index is 11.2. The van der Waals surface area contributed by atoms with Gasteiger partial charge in [-0.05, 0) is 35.7 Å². The summed E-state index contributed by atoms with van der Waals surface area (Å²) < 4.78 is 5.08. The number of benzene rings is 2. The zero-order chi connectivity index (χ0) is 14.3. The fourth-order valence-corrected chi connectivity index (χ4v) is 3.20. The van der Waals surface area contributed by atoms with Gasteiger partial charge in [0, 0.05) is 5.02 Å². The van der Waals surface area contributed by atoms with Gasteiger partial charge in [0.05, 0.1) is 10.3 Å². The van der Waals surface area contributed by atoms with Gasteiger partial charge in [0.1, 0.15) is 0 Å². The van der Waals surface area contributed by atoms with E-state index >= 15 is 0 Å². The molecule has 3 nitrogen and oxygen atoms in total. The molecule has 0 saturated heterocycles. The molecule has 1 atom stereocenters. The lowest BCUT2D eigenvalue weighted by atomic mass is 10.0. The Bertz CT molecular complexity index is 837. The highest BCUT2D eigenvalue weighted by molar-refractivity contribution is 9.09. The van der Waals surface area contributed by atoms with Crippen molar-refractivity contribution >= 4 is 38.6 Å². The molecule has 0 aliphatic heterocycles. The fourth-order valence-electron chi connectivity index (χ4n) is 2.17. The second kappa shape index (κ2) is 5.11. The third-order valence-corrected chi connectivity index (χ3v) is 4.77.